The van der Waals surface area contributed by atoms with Crippen LogP contribution in [0.15, 0.2) is 41.0 Å². The van der Waals surface area contributed by atoms with Crippen molar-refractivity contribution in [2.45, 2.75) is 19.6 Å². The van der Waals surface area contributed by atoms with Crippen LogP contribution in [0.4, 0.5) is 26.0 Å². The summed E-state index contributed by atoms with van der Waals surface area (Å²) in [5.74, 6) is -0.957. The SMILES string of the molecule is C.CS(C)(=O)=Nc1cc(F)c2c(Nc3ccc(F)cc3O[C@H]3COC[C@H]3O)ncnc2c1. The minimum Gasteiger partial charge on any atom is -0.483 e. The Bertz CT molecular complexity index is 1260. The van der Waals surface area contributed by atoms with Gasteiger partial charge in [-0.1, -0.05) is 7.43 Å². The number of nitrogens with one attached hydrogen (secondary N) is 1. The molecule has 3 aromatic rings. The van der Waals surface area contributed by atoms with Crippen LogP contribution in [0.25, 0.3) is 10.9 Å². The number of aliphatic hydroxyl groups excluding tert-OH is 1. The van der Waals surface area contributed by atoms with E-state index in [4.69, 9.17) is 9.47 Å². The van der Waals surface area contributed by atoms with Gasteiger partial charge in [0.25, 0.3) is 0 Å². The van der Waals surface area contributed by atoms with Crippen molar-refractivity contribution in [2.24, 2.45) is 4.36 Å². The van der Waals surface area contributed by atoms with Crippen molar-refractivity contribution in [2.75, 3.05) is 31.0 Å². The van der Waals surface area contributed by atoms with Gasteiger partial charge in [0, 0.05) is 34.4 Å². The Kier molecular flexibility index (Phi) is 6.91. The maximum atomic E-state index is 14.9. The van der Waals surface area contributed by atoms with Gasteiger partial charge in [-0.2, -0.15) is 4.36 Å². The normalized spacial score (nSPS) is 18.3. The molecule has 0 amide bonds. The highest BCUT2D eigenvalue weighted by atomic mass is 32.2. The maximum absolute atomic E-state index is 14.9. The van der Waals surface area contributed by atoms with Gasteiger partial charge in [0.2, 0.25) is 0 Å². The number of ether oxygens (including phenoxy) is 2. The maximum Gasteiger partial charge on any atom is 0.150 e. The highest BCUT2D eigenvalue weighted by molar-refractivity contribution is 7.92. The van der Waals surface area contributed by atoms with E-state index in [1.165, 1.54) is 37.0 Å². The van der Waals surface area contributed by atoms with Gasteiger partial charge in [0.1, 0.15) is 35.6 Å². The first-order valence-electron chi connectivity index (χ1n) is 9.30. The monoisotopic (exact) mass is 466 g/mol. The van der Waals surface area contributed by atoms with E-state index in [0.717, 1.165) is 12.1 Å². The molecule has 11 heteroatoms. The topological polar surface area (TPSA) is 106 Å². The van der Waals surface area contributed by atoms with Crippen LogP contribution >= 0.6 is 0 Å². The summed E-state index contributed by atoms with van der Waals surface area (Å²) in [7, 11) is -2.48. The predicted molar refractivity (Wildman–Crippen MR) is 119 cm³/mol. The van der Waals surface area contributed by atoms with Crippen LogP contribution in [0.3, 0.4) is 0 Å². The van der Waals surface area contributed by atoms with Crippen LogP contribution in [0.5, 0.6) is 5.75 Å². The molecule has 0 radical (unpaired) electrons. The molecule has 1 aliphatic rings. The summed E-state index contributed by atoms with van der Waals surface area (Å²) in [6.07, 6.45) is 2.63. The van der Waals surface area contributed by atoms with E-state index in [1.54, 1.807) is 0 Å². The Morgan fingerprint density at radius 1 is 1.22 bits per heavy atom. The Morgan fingerprint density at radius 3 is 2.69 bits per heavy atom. The Labute approximate surface area is 184 Å². The zero-order valence-corrected chi connectivity index (χ0v) is 17.5. The summed E-state index contributed by atoms with van der Waals surface area (Å²) < 4.78 is 55.6. The molecule has 0 bridgehead atoms. The molecule has 2 N–H and O–H groups in total. The molecule has 32 heavy (non-hydrogen) atoms. The fourth-order valence-electron chi connectivity index (χ4n) is 3.15. The molecule has 0 aliphatic carbocycles. The predicted octanol–water partition coefficient (Wildman–Crippen LogP) is 3.79. The van der Waals surface area contributed by atoms with Crippen LogP contribution < -0.4 is 10.1 Å². The number of aliphatic hydroxyl groups is 1. The minimum atomic E-state index is -2.48. The van der Waals surface area contributed by atoms with Gasteiger partial charge in [-0.25, -0.2) is 23.0 Å². The van der Waals surface area contributed by atoms with Gasteiger partial charge in [-0.3, -0.25) is 0 Å². The highest BCUT2D eigenvalue weighted by Gasteiger charge is 2.29. The fraction of sp³-hybridized carbons (Fsp3) is 0.333. The first-order chi connectivity index (χ1) is 14.7. The zero-order valence-electron chi connectivity index (χ0n) is 16.7. The number of benzene rings is 2. The number of hydrogen-bond donors (Lipinski definition) is 2. The quantitative estimate of drug-likeness (QED) is 0.589. The summed E-state index contributed by atoms with van der Waals surface area (Å²) in [6.45, 7) is 0.284. The lowest BCUT2D eigenvalue weighted by Gasteiger charge is -2.19. The number of hydrogen-bond acceptors (Lipinski definition) is 8. The van der Waals surface area contributed by atoms with Crippen LogP contribution in [0.2, 0.25) is 0 Å². The van der Waals surface area contributed by atoms with E-state index in [1.807, 2.05) is 0 Å². The summed E-state index contributed by atoms with van der Waals surface area (Å²) in [5, 5.41) is 13.0. The molecule has 4 rings (SSSR count). The third-order valence-corrected chi connectivity index (χ3v) is 5.13. The van der Waals surface area contributed by atoms with E-state index < -0.39 is 33.6 Å². The van der Waals surface area contributed by atoms with Crippen molar-refractivity contribution in [1.29, 1.82) is 0 Å². The molecule has 0 spiro atoms. The second-order valence-corrected chi connectivity index (χ2v) is 9.89. The van der Waals surface area contributed by atoms with Crippen LogP contribution in [-0.2, 0) is 14.5 Å². The molecule has 1 aliphatic heterocycles. The molecular weight excluding hydrogens is 442 g/mol. The average Bonchev–Trinajstić information content (AvgIpc) is 3.07. The van der Waals surface area contributed by atoms with Crippen molar-refractivity contribution in [1.82, 2.24) is 9.97 Å². The van der Waals surface area contributed by atoms with Gasteiger partial charge in [-0.05, 0) is 18.2 Å². The number of fused-ring (bicyclic) bond motifs is 1. The first kappa shape index (κ1) is 23.8. The zero-order chi connectivity index (χ0) is 22.2. The fourth-order valence-corrected chi connectivity index (χ4v) is 3.77. The van der Waals surface area contributed by atoms with Crippen molar-refractivity contribution in [3.8, 4) is 5.75 Å². The van der Waals surface area contributed by atoms with E-state index in [9.17, 15) is 18.1 Å². The number of halogens is 2. The molecule has 0 unspecified atom stereocenters. The van der Waals surface area contributed by atoms with Gasteiger partial charge in [-0.15, -0.1) is 0 Å². The van der Waals surface area contributed by atoms with Crippen molar-refractivity contribution >= 4 is 37.8 Å². The Hall–Kier alpha value is -2.89. The lowest BCUT2D eigenvalue weighted by atomic mass is 10.2. The Balaban J connectivity index is 0.00000289. The number of nitrogens with zero attached hydrogens (tertiary/aromatic N) is 3. The van der Waals surface area contributed by atoms with Crippen molar-refractivity contribution < 1.29 is 27.6 Å². The number of rotatable bonds is 5. The molecule has 2 aromatic carbocycles. The van der Waals surface area contributed by atoms with E-state index in [-0.39, 0.29) is 48.8 Å². The molecule has 0 saturated carbocycles. The molecule has 8 nitrogen and oxygen atoms in total. The molecule has 172 valence electrons. The van der Waals surface area contributed by atoms with Gasteiger partial charge < -0.3 is 19.9 Å². The van der Waals surface area contributed by atoms with Gasteiger partial charge in [0.05, 0.1) is 35.5 Å². The van der Waals surface area contributed by atoms with E-state index in [0.29, 0.717) is 5.69 Å². The number of anilines is 2. The molecule has 2 atom stereocenters. The first-order valence-corrected chi connectivity index (χ1v) is 11.6. The summed E-state index contributed by atoms with van der Waals surface area (Å²) in [4.78, 5) is 8.18. The number of aromatic nitrogens is 2. The molecule has 1 aromatic heterocycles. The lowest BCUT2D eigenvalue weighted by molar-refractivity contribution is 0.0736. The smallest absolute Gasteiger partial charge is 0.150 e. The van der Waals surface area contributed by atoms with Gasteiger partial charge in [0.15, 0.2) is 6.10 Å². The van der Waals surface area contributed by atoms with Crippen LogP contribution in [-0.4, -0.2) is 57.2 Å². The minimum absolute atomic E-state index is 0. The molecule has 1 fully saturated rings. The highest BCUT2D eigenvalue weighted by Crippen LogP contribution is 2.34. The van der Waals surface area contributed by atoms with Gasteiger partial charge >= 0.3 is 0 Å². The largest absolute Gasteiger partial charge is 0.483 e. The van der Waals surface area contributed by atoms with E-state index >= 15 is 0 Å². The average molecular weight is 467 g/mol. The van der Waals surface area contributed by atoms with Crippen LogP contribution in [0.1, 0.15) is 7.43 Å². The summed E-state index contributed by atoms with van der Waals surface area (Å²) in [6, 6.07) is 6.45. The van der Waals surface area contributed by atoms with Crippen molar-refractivity contribution in [3.05, 3.63) is 48.3 Å². The van der Waals surface area contributed by atoms with Crippen LogP contribution in [0, 0.1) is 11.6 Å². The summed E-state index contributed by atoms with van der Waals surface area (Å²) >= 11 is 0. The molecular formula is C21H24F2N4O4S. The third kappa shape index (κ3) is 5.29. The third-order valence-electron chi connectivity index (χ3n) is 4.47. The standard InChI is InChI=1S/C20H20F2N4O4S.CH4/c1-31(2,28)26-12-6-13(22)19-15(7-12)23-10-24-20(19)25-14-4-3-11(21)5-17(14)30-18-9-29-8-16(18)27;/h3-7,10,16,18,27H,8-9H2,1-2H3,(H,23,24,25);1H4/t16-,18+;/m1./s1. The van der Waals surface area contributed by atoms with Crippen molar-refractivity contribution in [3.63, 3.8) is 0 Å². The Morgan fingerprint density at radius 2 is 2.00 bits per heavy atom. The molecule has 1 saturated heterocycles. The second-order valence-electron chi connectivity index (χ2n) is 7.34. The second kappa shape index (κ2) is 9.31. The van der Waals surface area contributed by atoms with E-state index in [2.05, 4.69) is 19.6 Å². The molecule has 2 heterocycles. The summed E-state index contributed by atoms with van der Waals surface area (Å²) in [5.41, 5.74) is 0.772. The lowest BCUT2D eigenvalue weighted by Crippen LogP contribution is -2.30.